The third kappa shape index (κ3) is 5.17. The Labute approximate surface area is 148 Å². The van der Waals surface area contributed by atoms with Crippen molar-refractivity contribution in [3.63, 3.8) is 0 Å². The first kappa shape index (κ1) is 17.7. The quantitative estimate of drug-likeness (QED) is 0.782. The highest BCUT2D eigenvalue weighted by Gasteiger charge is 2.25. The molecule has 1 aliphatic heterocycles. The fourth-order valence-electron chi connectivity index (χ4n) is 3.24. The van der Waals surface area contributed by atoms with Crippen molar-refractivity contribution in [3.05, 3.63) is 36.9 Å². The van der Waals surface area contributed by atoms with Gasteiger partial charge in [-0.25, -0.2) is 4.98 Å². The van der Waals surface area contributed by atoms with Gasteiger partial charge in [0.15, 0.2) is 0 Å². The van der Waals surface area contributed by atoms with Crippen LogP contribution in [0.3, 0.4) is 0 Å². The average molecular weight is 346 g/mol. The zero-order valence-corrected chi connectivity index (χ0v) is 14.6. The lowest BCUT2D eigenvalue weighted by molar-refractivity contribution is 0.0345. The van der Waals surface area contributed by atoms with E-state index in [1.54, 1.807) is 19.8 Å². The first-order valence-corrected chi connectivity index (χ1v) is 8.76. The molecule has 2 aromatic rings. The molecule has 0 amide bonds. The number of benzene rings is 1. The maximum atomic E-state index is 10.4. The highest BCUT2D eigenvalue weighted by atomic mass is 16.5. The van der Waals surface area contributed by atoms with Gasteiger partial charge in [0.25, 0.3) is 0 Å². The topological polar surface area (TPSA) is 72.6 Å². The number of aliphatic hydroxyl groups is 1. The largest absolute Gasteiger partial charge is 0.497 e. The van der Waals surface area contributed by atoms with Gasteiger partial charge < -0.3 is 14.6 Å². The van der Waals surface area contributed by atoms with E-state index in [-0.39, 0.29) is 6.61 Å². The van der Waals surface area contributed by atoms with Crippen LogP contribution in [0.1, 0.15) is 19.3 Å². The van der Waals surface area contributed by atoms with Crippen molar-refractivity contribution in [1.29, 1.82) is 0 Å². The number of rotatable bonds is 8. The molecule has 2 unspecified atom stereocenters. The standard InChI is InChI=1S/C18H26N4O3/c1-24-17-5-7-18(8-6-17)25-12-16(23)11-21-9-3-2-4-15(21)10-22-14-19-13-20-22/h5-8,13-16,23H,2-4,9-12H2,1H3. The van der Waals surface area contributed by atoms with Gasteiger partial charge in [-0.05, 0) is 43.7 Å². The van der Waals surface area contributed by atoms with Crippen molar-refractivity contribution in [3.8, 4) is 11.5 Å². The molecule has 2 heterocycles. The van der Waals surface area contributed by atoms with Crippen LogP contribution in [0.4, 0.5) is 0 Å². The fourth-order valence-corrected chi connectivity index (χ4v) is 3.24. The van der Waals surface area contributed by atoms with E-state index in [2.05, 4.69) is 15.0 Å². The van der Waals surface area contributed by atoms with Crippen molar-refractivity contribution in [2.24, 2.45) is 0 Å². The Morgan fingerprint density at radius 3 is 2.76 bits per heavy atom. The van der Waals surface area contributed by atoms with Gasteiger partial charge in [0.1, 0.15) is 36.9 Å². The number of methoxy groups -OCH3 is 1. The minimum Gasteiger partial charge on any atom is -0.497 e. The summed E-state index contributed by atoms with van der Waals surface area (Å²) in [6, 6.07) is 7.77. The molecule has 0 radical (unpaired) electrons. The molecule has 1 aromatic carbocycles. The molecule has 7 heteroatoms. The summed E-state index contributed by atoms with van der Waals surface area (Å²) in [6.45, 7) is 2.69. The summed E-state index contributed by atoms with van der Waals surface area (Å²) in [4.78, 5) is 6.34. The Morgan fingerprint density at radius 1 is 1.24 bits per heavy atom. The minimum absolute atomic E-state index is 0.277. The van der Waals surface area contributed by atoms with Gasteiger partial charge in [0.2, 0.25) is 0 Å². The van der Waals surface area contributed by atoms with Gasteiger partial charge in [-0.1, -0.05) is 6.42 Å². The van der Waals surface area contributed by atoms with Gasteiger partial charge >= 0.3 is 0 Å². The maximum absolute atomic E-state index is 10.4. The summed E-state index contributed by atoms with van der Waals surface area (Å²) in [7, 11) is 1.63. The lowest BCUT2D eigenvalue weighted by Gasteiger charge is -2.36. The number of hydrogen-bond acceptors (Lipinski definition) is 6. The van der Waals surface area contributed by atoms with E-state index in [4.69, 9.17) is 9.47 Å². The zero-order chi connectivity index (χ0) is 17.5. The van der Waals surface area contributed by atoms with E-state index >= 15 is 0 Å². The molecule has 1 saturated heterocycles. The zero-order valence-electron chi connectivity index (χ0n) is 14.6. The summed E-state index contributed by atoms with van der Waals surface area (Å²) in [5, 5.41) is 14.6. The van der Waals surface area contributed by atoms with E-state index in [1.165, 1.54) is 12.8 Å². The number of aliphatic hydroxyl groups excluding tert-OH is 1. The summed E-state index contributed by atoms with van der Waals surface area (Å²) in [5.74, 6) is 1.52. The van der Waals surface area contributed by atoms with E-state index < -0.39 is 6.10 Å². The highest BCUT2D eigenvalue weighted by Crippen LogP contribution is 2.20. The highest BCUT2D eigenvalue weighted by molar-refractivity contribution is 5.31. The summed E-state index contributed by atoms with van der Waals surface area (Å²) in [6.07, 6.45) is 6.28. The number of aromatic nitrogens is 3. The van der Waals surface area contributed by atoms with Crippen molar-refractivity contribution in [1.82, 2.24) is 19.7 Å². The number of piperidine rings is 1. The Bertz CT molecular complexity index is 618. The van der Waals surface area contributed by atoms with Crippen LogP contribution in [0.25, 0.3) is 0 Å². The molecule has 2 atom stereocenters. The molecule has 1 N–H and O–H groups in total. The molecule has 0 saturated carbocycles. The van der Waals surface area contributed by atoms with Crippen molar-refractivity contribution >= 4 is 0 Å². The van der Waals surface area contributed by atoms with Gasteiger partial charge in [-0.15, -0.1) is 0 Å². The molecule has 25 heavy (non-hydrogen) atoms. The smallest absolute Gasteiger partial charge is 0.137 e. The lowest BCUT2D eigenvalue weighted by atomic mass is 10.0. The van der Waals surface area contributed by atoms with E-state index in [0.29, 0.717) is 12.6 Å². The monoisotopic (exact) mass is 346 g/mol. The molecular weight excluding hydrogens is 320 g/mol. The van der Waals surface area contributed by atoms with E-state index in [0.717, 1.165) is 31.0 Å². The summed E-state index contributed by atoms with van der Waals surface area (Å²) >= 11 is 0. The number of hydrogen-bond donors (Lipinski definition) is 1. The third-order valence-corrected chi connectivity index (χ3v) is 4.56. The van der Waals surface area contributed by atoms with E-state index in [1.807, 2.05) is 28.9 Å². The Kier molecular flexibility index (Phi) is 6.25. The summed E-state index contributed by atoms with van der Waals surface area (Å²) < 4.78 is 12.7. The normalized spacial score (nSPS) is 19.5. The van der Waals surface area contributed by atoms with Crippen molar-refractivity contribution in [2.45, 2.75) is 38.0 Å². The van der Waals surface area contributed by atoms with Gasteiger partial charge in [-0.2, -0.15) is 5.10 Å². The molecule has 0 spiro atoms. The van der Waals surface area contributed by atoms with Gasteiger partial charge in [-0.3, -0.25) is 9.58 Å². The first-order valence-electron chi connectivity index (χ1n) is 8.76. The second-order valence-corrected chi connectivity index (χ2v) is 6.40. The Morgan fingerprint density at radius 2 is 2.04 bits per heavy atom. The average Bonchev–Trinajstić information content (AvgIpc) is 3.15. The molecule has 3 rings (SSSR count). The van der Waals surface area contributed by atoms with Crippen molar-refractivity contribution in [2.75, 3.05) is 26.8 Å². The lowest BCUT2D eigenvalue weighted by Crippen LogP contribution is -2.46. The third-order valence-electron chi connectivity index (χ3n) is 4.56. The van der Waals surface area contributed by atoms with Crippen LogP contribution < -0.4 is 9.47 Å². The second-order valence-electron chi connectivity index (χ2n) is 6.40. The SMILES string of the molecule is COc1ccc(OCC(O)CN2CCCCC2Cn2cncn2)cc1. The van der Waals surface area contributed by atoms with Crippen LogP contribution in [0.15, 0.2) is 36.9 Å². The molecular formula is C18H26N4O3. The van der Waals surface area contributed by atoms with Gasteiger partial charge in [0, 0.05) is 12.6 Å². The summed E-state index contributed by atoms with van der Waals surface area (Å²) in [5.41, 5.74) is 0. The Hall–Kier alpha value is -2.12. The molecule has 1 aromatic heterocycles. The van der Waals surface area contributed by atoms with Crippen LogP contribution in [0.5, 0.6) is 11.5 Å². The van der Waals surface area contributed by atoms with Crippen LogP contribution in [0.2, 0.25) is 0 Å². The number of β-amino-alcohol motifs (C(OH)–C–C–N with tert-alkyl or cyclic N) is 1. The molecule has 136 valence electrons. The number of ether oxygens (including phenoxy) is 2. The molecule has 0 bridgehead atoms. The molecule has 1 fully saturated rings. The maximum Gasteiger partial charge on any atom is 0.137 e. The number of likely N-dealkylation sites (tertiary alicyclic amines) is 1. The van der Waals surface area contributed by atoms with Crippen LogP contribution >= 0.6 is 0 Å². The van der Waals surface area contributed by atoms with Crippen molar-refractivity contribution < 1.29 is 14.6 Å². The first-order chi connectivity index (χ1) is 12.2. The van der Waals surface area contributed by atoms with E-state index in [9.17, 15) is 5.11 Å². The predicted molar refractivity (Wildman–Crippen MR) is 93.7 cm³/mol. The number of nitrogens with zero attached hydrogens (tertiary/aromatic N) is 4. The van der Waals surface area contributed by atoms with Crippen LogP contribution in [-0.2, 0) is 6.54 Å². The predicted octanol–water partition coefficient (Wildman–Crippen LogP) is 1.58. The molecule has 1 aliphatic rings. The minimum atomic E-state index is -0.529. The van der Waals surface area contributed by atoms with Gasteiger partial charge in [0.05, 0.1) is 13.7 Å². The fraction of sp³-hybridized carbons (Fsp3) is 0.556. The molecule has 0 aliphatic carbocycles. The van der Waals surface area contributed by atoms with Crippen LogP contribution in [0, 0.1) is 0 Å². The van der Waals surface area contributed by atoms with Crippen LogP contribution in [-0.4, -0.2) is 63.7 Å². The second kappa shape index (κ2) is 8.82. The Balaban J connectivity index is 1.48. The molecule has 7 nitrogen and oxygen atoms in total.